The van der Waals surface area contributed by atoms with Crippen LogP contribution in [0.3, 0.4) is 0 Å². The fraction of sp³-hybridized carbons (Fsp3) is 0.192. The van der Waals surface area contributed by atoms with Gasteiger partial charge in [0.25, 0.3) is 0 Å². The van der Waals surface area contributed by atoms with Gasteiger partial charge in [-0.2, -0.15) is 5.26 Å². The summed E-state index contributed by atoms with van der Waals surface area (Å²) in [6, 6.07) is 28.1. The van der Waals surface area contributed by atoms with Gasteiger partial charge < -0.3 is 4.90 Å². The highest BCUT2D eigenvalue weighted by atomic mass is 32.2. The normalized spacial score (nSPS) is 15.3. The maximum absolute atomic E-state index is 13.0. The molecule has 0 atom stereocenters. The predicted octanol–water partition coefficient (Wildman–Crippen LogP) is 4.35. The first-order chi connectivity index (χ1) is 15.6. The number of allylic oxidation sites excluding steroid dienone is 1. The van der Waals surface area contributed by atoms with Crippen molar-refractivity contribution < 1.29 is 8.42 Å². The van der Waals surface area contributed by atoms with E-state index < -0.39 is 9.84 Å². The lowest BCUT2D eigenvalue weighted by Gasteiger charge is -2.36. The molecule has 1 saturated heterocycles. The Morgan fingerprint density at radius 3 is 2.09 bits per heavy atom. The zero-order valence-electron chi connectivity index (χ0n) is 17.8. The first-order valence-corrected chi connectivity index (χ1v) is 12.1. The van der Waals surface area contributed by atoms with E-state index in [4.69, 9.17) is 0 Å². The second-order valence-corrected chi connectivity index (χ2v) is 9.66. The van der Waals surface area contributed by atoms with Crippen LogP contribution in [0, 0.1) is 11.3 Å². The minimum absolute atomic E-state index is 0.125. The van der Waals surface area contributed by atoms with E-state index in [1.165, 1.54) is 23.8 Å². The minimum Gasteiger partial charge on any atom is -0.368 e. The Bertz CT molecular complexity index is 1220. The highest BCUT2D eigenvalue weighted by Gasteiger charge is 2.23. The Labute approximate surface area is 189 Å². The third-order valence-electron chi connectivity index (χ3n) is 5.64. The standard InChI is InChI=1S/C26H25N3O2S/c27-20-25(32(30,31)24-12-5-2-6-13-24)19-23-11-7-8-14-26(23)29-17-15-28(16-18-29)21-22-9-3-1-4-10-22/h1-14,19H,15-18,21H2/b25-19+. The molecule has 1 fully saturated rings. The van der Waals surface area contributed by atoms with Crippen LogP contribution < -0.4 is 4.90 Å². The van der Waals surface area contributed by atoms with Gasteiger partial charge in [-0.15, -0.1) is 0 Å². The number of piperazine rings is 1. The Morgan fingerprint density at radius 2 is 1.44 bits per heavy atom. The average molecular weight is 444 g/mol. The Morgan fingerprint density at radius 1 is 0.844 bits per heavy atom. The van der Waals surface area contributed by atoms with Crippen LogP contribution in [0.2, 0.25) is 0 Å². The van der Waals surface area contributed by atoms with Gasteiger partial charge in [0.15, 0.2) is 0 Å². The van der Waals surface area contributed by atoms with E-state index in [1.54, 1.807) is 18.2 Å². The Hall–Kier alpha value is -3.40. The molecule has 0 aliphatic carbocycles. The first-order valence-electron chi connectivity index (χ1n) is 10.6. The monoisotopic (exact) mass is 443 g/mol. The highest BCUT2D eigenvalue weighted by molar-refractivity contribution is 7.95. The maximum atomic E-state index is 13.0. The van der Waals surface area contributed by atoms with Crippen molar-refractivity contribution in [3.8, 4) is 6.07 Å². The van der Waals surface area contributed by atoms with Crippen molar-refractivity contribution in [3.63, 3.8) is 0 Å². The molecule has 1 aliphatic rings. The van der Waals surface area contributed by atoms with Crippen LogP contribution >= 0.6 is 0 Å². The molecular weight excluding hydrogens is 418 g/mol. The zero-order valence-corrected chi connectivity index (χ0v) is 18.6. The quantitative estimate of drug-likeness (QED) is 0.530. The lowest BCUT2D eigenvalue weighted by atomic mass is 10.1. The molecule has 0 amide bonds. The molecule has 3 aromatic rings. The molecule has 32 heavy (non-hydrogen) atoms. The summed E-state index contributed by atoms with van der Waals surface area (Å²) in [4.78, 5) is 4.56. The molecule has 0 unspecified atom stereocenters. The number of hydrogen-bond donors (Lipinski definition) is 0. The first kappa shape index (κ1) is 21.8. The van der Waals surface area contributed by atoms with E-state index in [-0.39, 0.29) is 9.80 Å². The number of nitriles is 1. The van der Waals surface area contributed by atoms with Crippen LogP contribution in [-0.4, -0.2) is 39.5 Å². The van der Waals surface area contributed by atoms with E-state index in [0.29, 0.717) is 0 Å². The van der Waals surface area contributed by atoms with Gasteiger partial charge in [-0.25, -0.2) is 8.42 Å². The zero-order chi connectivity index (χ0) is 22.4. The molecule has 0 aromatic heterocycles. The van der Waals surface area contributed by atoms with Crippen molar-refractivity contribution >= 4 is 21.6 Å². The third-order valence-corrected chi connectivity index (χ3v) is 7.32. The SMILES string of the molecule is N#C/C(=C\c1ccccc1N1CCN(Cc2ccccc2)CC1)S(=O)(=O)c1ccccc1. The molecule has 4 rings (SSSR count). The van der Waals surface area contributed by atoms with E-state index >= 15 is 0 Å². The lowest BCUT2D eigenvalue weighted by Crippen LogP contribution is -2.46. The van der Waals surface area contributed by atoms with Gasteiger partial charge in [-0.1, -0.05) is 66.7 Å². The fourth-order valence-electron chi connectivity index (χ4n) is 3.92. The average Bonchev–Trinajstić information content (AvgIpc) is 2.84. The molecule has 3 aromatic carbocycles. The number of nitrogens with zero attached hydrogens (tertiary/aromatic N) is 3. The summed E-state index contributed by atoms with van der Waals surface area (Å²) in [6.45, 7) is 4.43. The number of rotatable bonds is 6. The molecule has 0 radical (unpaired) electrons. The number of sulfone groups is 1. The molecule has 162 valence electrons. The molecular formula is C26H25N3O2S. The van der Waals surface area contributed by atoms with Crippen LogP contribution in [0.4, 0.5) is 5.69 Å². The second-order valence-electron chi connectivity index (χ2n) is 7.74. The summed E-state index contributed by atoms with van der Waals surface area (Å²) in [5, 5.41) is 9.64. The summed E-state index contributed by atoms with van der Waals surface area (Å²) >= 11 is 0. The molecule has 5 nitrogen and oxygen atoms in total. The van der Waals surface area contributed by atoms with Gasteiger partial charge in [0.2, 0.25) is 9.84 Å². The minimum atomic E-state index is -3.87. The Balaban J connectivity index is 1.54. The van der Waals surface area contributed by atoms with Crippen LogP contribution in [-0.2, 0) is 16.4 Å². The number of benzene rings is 3. The van der Waals surface area contributed by atoms with Crippen LogP contribution in [0.15, 0.2) is 94.7 Å². The third kappa shape index (κ3) is 4.91. The summed E-state index contributed by atoms with van der Waals surface area (Å²) in [6.07, 6.45) is 1.49. The highest BCUT2D eigenvalue weighted by Crippen LogP contribution is 2.27. The molecule has 0 N–H and O–H groups in total. The molecule has 6 heteroatoms. The number of anilines is 1. The van der Waals surface area contributed by atoms with E-state index in [2.05, 4.69) is 34.1 Å². The molecule has 0 saturated carbocycles. The van der Waals surface area contributed by atoms with Crippen LogP contribution in [0.1, 0.15) is 11.1 Å². The number of para-hydroxylation sites is 1. The lowest BCUT2D eigenvalue weighted by molar-refractivity contribution is 0.250. The summed E-state index contributed by atoms with van der Waals surface area (Å²) in [5.74, 6) is 0. The van der Waals surface area contributed by atoms with Crippen molar-refractivity contribution in [3.05, 3.63) is 101 Å². The van der Waals surface area contributed by atoms with E-state index in [0.717, 1.165) is 44.0 Å². The second kappa shape index (κ2) is 9.82. The van der Waals surface area contributed by atoms with Crippen molar-refractivity contribution in [2.45, 2.75) is 11.4 Å². The van der Waals surface area contributed by atoms with Crippen molar-refractivity contribution in [1.29, 1.82) is 5.26 Å². The molecule has 1 heterocycles. The van der Waals surface area contributed by atoms with Crippen molar-refractivity contribution in [1.82, 2.24) is 4.90 Å². The van der Waals surface area contributed by atoms with Crippen LogP contribution in [0.25, 0.3) is 6.08 Å². The van der Waals surface area contributed by atoms with Gasteiger partial charge in [0.05, 0.1) is 4.90 Å². The summed E-state index contributed by atoms with van der Waals surface area (Å²) in [7, 11) is -3.87. The largest absolute Gasteiger partial charge is 0.368 e. The fourth-order valence-corrected chi connectivity index (χ4v) is 5.10. The van der Waals surface area contributed by atoms with Crippen LogP contribution in [0.5, 0.6) is 0 Å². The van der Waals surface area contributed by atoms with Crippen molar-refractivity contribution in [2.24, 2.45) is 0 Å². The number of hydrogen-bond acceptors (Lipinski definition) is 5. The van der Waals surface area contributed by atoms with Gasteiger partial charge in [-0.05, 0) is 35.4 Å². The van der Waals surface area contributed by atoms with Gasteiger partial charge in [0, 0.05) is 38.4 Å². The maximum Gasteiger partial charge on any atom is 0.216 e. The topological polar surface area (TPSA) is 64.4 Å². The van der Waals surface area contributed by atoms with Crippen molar-refractivity contribution in [2.75, 3.05) is 31.1 Å². The molecule has 0 spiro atoms. The smallest absolute Gasteiger partial charge is 0.216 e. The predicted molar refractivity (Wildman–Crippen MR) is 128 cm³/mol. The van der Waals surface area contributed by atoms with Gasteiger partial charge >= 0.3 is 0 Å². The molecule has 0 bridgehead atoms. The van der Waals surface area contributed by atoms with Gasteiger partial charge in [0.1, 0.15) is 11.0 Å². The van der Waals surface area contributed by atoms with E-state index in [9.17, 15) is 13.7 Å². The van der Waals surface area contributed by atoms with Gasteiger partial charge in [-0.3, -0.25) is 4.90 Å². The Kier molecular flexibility index (Phi) is 6.69. The van der Waals surface area contributed by atoms with E-state index in [1.807, 2.05) is 36.4 Å². The summed E-state index contributed by atoms with van der Waals surface area (Å²) < 4.78 is 25.9. The summed E-state index contributed by atoms with van der Waals surface area (Å²) in [5.41, 5.74) is 2.98. The molecule has 1 aliphatic heterocycles.